The zero-order valence-corrected chi connectivity index (χ0v) is 8.72. The fourth-order valence-corrected chi connectivity index (χ4v) is 1.80. The van der Waals surface area contributed by atoms with E-state index in [4.69, 9.17) is 5.84 Å². The van der Waals surface area contributed by atoms with Crippen molar-refractivity contribution >= 4 is 23.2 Å². The summed E-state index contributed by atoms with van der Waals surface area (Å²) in [6, 6.07) is 3.18. The van der Waals surface area contributed by atoms with Crippen LogP contribution in [0.25, 0.3) is 0 Å². The Hall–Kier alpha value is -1.40. The SMILES string of the molecule is CN(C)C(=O)c1ccc(C(=O)NN)s1. The highest BCUT2D eigenvalue weighted by Gasteiger charge is 2.13. The molecule has 1 rings (SSSR count). The predicted octanol–water partition coefficient (Wildman–Crippen LogP) is 0.0534. The van der Waals surface area contributed by atoms with Crippen molar-refractivity contribution < 1.29 is 9.59 Å². The lowest BCUT2D eigenvalue weighted by molar-refractivity contribution is 0.0832. The van der Waals surface area contributed by atoms with Gasteiger partial charge in [0, 0.05) is 14.1 Å². The molecule has 2 amide bonds. The highest BCUT2D eigenvalue weighted by Crippen LogP contribution is 2.17. The number of nitrogens with one attached hydrogen (secondary N) is 1. The fourth-order valence-electron chi connectivity index (χ4n) is 0.866. The molecule has 3 N–H and O–H groups in total. The number of nitrogen functional groups attached to an aromatic ring is 1. The van der Waals surface area contributed by atoms with E-state index in [0.717, 1.165) is 11.3 Å². The Labute approximate surface area is 85.5 Å². The van der Waals surface area contributed by atoms with Crippen LogP contribution in [0, 0.1) is 0 Å². The lowest BCUT2D eigenvalue weighted by atomic mass is 10.4. The van der Waals surface area contributed by atoms with Crippen LogP contribution >= 0.6 is 11.3 Å². The number of hydrogen-bond donors (Lipinski definition) is 2. The molecule has 0 spiro atoms. The van der Waals surface area contributed by atoms with Crippen LogP contribution in [0.4, 0.5) is 0 Å². The molecule has 0 fully saturated rings. The first-order valence-corrected chi connectivity index (χ1v) is 4.70. The Morgan fingerprint density at radius 2 is 1.93 bits per heavy atom. The number of carbonyl (C=O) groups is 2. The second kappa shape index (κ2) is 4.21. The molecule has 0 aromatic carbocycles. The number of nitrogens with zero attached hydrogens (tertiary/aromatic N) is 1. The maximum Gasteiger partial charge on any atom is 0.275 e. The summed E-state index contributed by atoms with van der Waals surface area (Å²) in [5.74, 6) is 4.46. The second-order valence-corrected chi connectivity index (χ2v) is 3.92. The quantitative estimate of drug-likeness (QED) is 0.414. The van der Waals surface area contributed by atoms with Crippen LogP contribution in [-0.2, 0) is 0 Å². The van der Waals surface area contributed by atoms with Gasteiger partial charge in [0.15, 0.2) is 0 Å². The maximum absolute atomic E-state index is 11.4. The van der Waals surface area contributed by atoms with Gasteiger partial charge in [-0.15, -0.1) is 11.3 Å². The van der Waals surface area contributed by atoms with Crippen molar-refractivity contribution in [1.82, 2.24) is 10.3 Å². The van der Waals surface area contributed by atoms with Gasteiger partial charge in [0.1, 0.15) is 0 Å². The Morgan fingerprint density at radius 1 is 1.36 bits per heavy atom. The third kappa shape index (κ3) is 2.09. The van der Waals surface area contributed by atoms with Crippen LogP contribution < -0.4 is 11.3 Å². The average Bonchev–Trinajstić information content (AvgIpc) is 2.64. The lowest BCUT2D eigenvalue weighted by Gasteiger charge is -2.06. The molecule has 0 atom stereocenters. The number of nitrogens with two attached hydrogens (primary N) is 1. The highest BCUT2D eigenvalue weighted by atomic mass is 32.1. The first-order valence-electron chi connectivity index (χ1n) is 3.88. The van der Waals surface area contributed by atoms with Crippen LogP contribution in [0.5, 0.6) is 0 Å². The van der Waals surface area contributed by atoms with E-state index in [-0.39, 0.29) is 11.8 Å². The van der Waals surface area contributed by atoms with Crippen LogP contribution in [-0.4, -0.2) is 30.8 Å². The van der Waals surface area contributed by atoms with Crippen molar-refractivity contribution in [3.63, 3.8) is 0 Å². The third-order valence-electron chi connectivity index (χ3n) is 1.58. The molecule has 0 saturated carbocycles. The molecule has 0 saturated heterocycles. The summed E-state index contributed by atoms with van der Waals surface area (Å²) in [6.45, 7) is 0. The standard InChI is InChI=1S/C8H11N3O2S/c1-11(2)8(13)6-4-3-5(14-6)7(12)10-9/h3-4H,9H2,1-2H3,(H,10,12). The van der Waals surface area contributed by atoms with E-state index in [1.165, 1.54) is 4.90 Å². The van der Waals surface area contributed by atoms with Crippen LogP contribution in [0.1, 0.15) is 19.3 Å². The molecule has 14 heavy (non-hydrogen) atoms. The fraction of sp³-hybridized carbons (Fsp3) is 0.250. The van der Waals surface area contributed by atoms with Crippen LogP contribution in [0.3, 0.4) is 0 Å². The van der Waals surface area contributed by atoms with E-state index in [0.29, 0.717) is 9.75 Å². The molecule has 1 aromatic heterocycles. The van der Waals surface area contributed by atoms with E-state index in [2.05, 4.69) is 0 Å². The summed E-state index contributed by atoms with van der Waals surface area (Å²) < 4.78 is 0. The van der Waals surface area contributed by atoms with E-state index >= 15 is 0 Å². The Bertz CT molecular complexity index is 359. The Balaban J connectivity index is 2.88. The van der Waals surface area contributed by atoms with Gasteiger partial charge in [-0.3, -0.25) is 15.0 Å². The summed E-state index contributed by atoms with van der Waals surface area (Å²) in [5, 5.41) is 0. The minimum absolute atomic E-state index is 0.119. The smallest absolute Gasteiger partial charge is 0.275 e. The summed E-state index contributed by atoms with van der Waals surface area (Å²) in [6.07, 6.45) is 0. The summed E-state index contributed by atoms with van der Waals surface area (Å²) in [5.41, 5.74) is 2.01. The zero-order chi connectivity index (χ0) is 10.7. The lowest BCUT2D eigenvalue weighted by Crippen LogP contribution is -2.29. The van der Waals surface area contributed by atoms with Gasteiger partial charge in [-0.25, -0.2) is 5.84 Å². The van der Waals surface area contributed by atoms with Gasteiger partial charge in [-0.1, -0.05) is 0 Å². The van der Waals surface area contributed by atoms with Gasteiger partial charge >= 0.3 is 0 Å². The van der Waals surface area contributed by atoms with Crippen molar-refractivity contribution in [3.8, 4) is 0 Å². The van der Waals surface area contributed by atoms with E-state index in [1.54, 1.807) is 26.2 Å². The van der Waals surface area contributed by atoms with E-state index < -0.39 is 0 Å². The molecule has 5 nitrogen and oxygen atoms in total. The molecule has 0 radical (unpaired) electrons. The van der Waals surface area contributed by atoms with Crippen LogP contribution in [0.15, 0.2) is 12.1 Å². The predicted molar refractivity (Wildman–Crippen MR) is 54.0 cm³/mol. The van der Waals surface area contributed by atoms with Crippen molar-refractivity contribution in [2.24, 2.45) is 5.84 Å². The van der Waals surface area contributed by atoms with Gasteiger partial charge in [0.05, 0.1) is 9.75 Å². The normalized spacial score (nSPS) is 9.64. The summed E-state index contributed by atoms with van der Waals surface area (Å²) in [7, 11) is 3.31. The van der Waals surface area contributed by atoms with Crippen molar-refractivity contribution in [2.75, 3.05) is 14.1 Å². The van der Waals surface area contributed by atoms with Gasteiger partial charge < -0.3 is 4.90 Å². The van der Waals surface area contributed by atoms with E-state index in [9.17, 15) is 9.59 Å². The molecule has 1 aromatic rings. The minimum atomic E-state index is -0.382. The molecular formula is C8H11N3O2S. The second-order valence-electron chi connectivity index (χ2n) is 2.84. The number of carbonyl (C=O) groups excluding carboxylic acids is 2. The molecule has 0 unspecified atom stereocenters. The number of amides is 2. The first-order chi connectivity index (χ1) is 6.56. The molecule has 6 heteroatoms. The number of rotatable bonds is 2. The molecule has 0 aliphatic carbocycles. The minimum Gasteiger partial charge on any atom is -0.344 e. The molecule has 0 aliphatic heterocycles. The van der Waals surface area contributed by atoms with Gasteiger partial charge in [0.2, 0.25) is 0 Å². The maximum atomic E-state index is 11.4. The number of hydrazine groups is 1. The number of hydrogen-bond acceptors (Lipinski definition) is 4. The Morgan fingerprint density at radius 3 is 2.43 bits per heavy atom. The highest BCUT2D eigenvalue weighted by molar-refractivity contribution is 7.15. The van der Waals surface area contributed by atoms with Gasteiger partial charge in [-0.2, -0.15) is 0 Å². The monoisotopic (exact) mass is 213 g/mol. The molecule has 76 valence electrons. The molecular weight excluding hydrogens is 202 g/mol. The van der Waals surface area contributed by atoms with Gasteiger partial charge in [0.25, 0.3) is 11.8 Å². The van der Waals surface area contributed by atoms with Crippen molar-refractivity contribution in [1.29, 1.82) is 0 Å². The average molecular weight is 213 g/mol. The first kappa shape index (κ1) is 10.7. The Kier molecular flexibility index (Phi) is 3.21. The third-order valence-corrected chi connectivity index (χ3v) is 2.65. The van der Waals surface area contributed by atoms with Crippen molar-refractivity contribution in [3.05, 3.63) is 21.9 Å². The summed E-state index contributed by atoms with van der Waals surface area (Å²) in [4.78, 5) is 24.9. The summed E-state index contributed by atoms with van der Waals surface area (Å²) >= 11 is 1.12. The molecule has 0 bridgehead atoms. The topological polar surface area (TPSA) is 75.4 Å². The zero-order valence-electron chi connectivity index (χ0n) is 7.90. The molecule has 0 aliphatic rings. The van der Waals surface area contributed by atoms with Crippen LogP contribution in [0.2, 0.25) is 0 Å². The van der Waals surface area contributed by atoms with Gasteiger partial charge in [-0.05, 0) is 12.1 Å². The van der Waals surface area contributed by atoms with E-state index in [1.807, 2.05) is 5.43 Å². The van der Waals surface area contributed by atoms with Crippen molar-refractivity contribution in [2.45, 2.75) is 0 Å². The largest absolute Gasteiger partial charge is 0.344 e. The number of thiophene rings is 1. The molecule has 1 heterocycles.